The first-order valence-electron chi connectivity index (χ1n) is 9.97. The third kappa shape index (κ3) is 5.24. The molecule has 0 aliphatic carbocycles. The molecule has 7 nitrogen and oxygen atoms in total. The highest BCUT2D eigenvalue weighted by Crippen LogP contribution is 2.32. The summed E-state index contributed by atoms with van der Waals surface area (Å²) in [6.45, 7) is 6.37. The number of H-pyrrole nitrogens is 1. The highest BCUT2D eigenvalue weighted by atomic mass is 32.1. The van der Waals surface area contributed by atoms with Crippen LogP contribution in [0.2, 0.25) is 0 Å². The Labute approximate surface area is 198 Å². The summed E-state index contributed by atoms with van der Waals surface area (Å²) in [4.78, 5) is 18.1. The van der Waals surface area contributed by atoms with E-state index in [2.05, 4.69) is 27.1 Å². The van der Waals surface area contributed by atoms with E-state index in [9.17, 15) is 9.18 Å². The molecule has 0 aliphatic rings. The predicted molar refractivity (Wildman–Crippen MR) is 129 cm³/mol. The molecule has 0 bridgehead atoms. The molecular weight excluding hydrogens is 461 g/mol. The smallest absolute Gasteiger partial charge is 0.257 e. The molecule has 4 aromatic rings. The highest BCUT2D eigenvalue weighted by Gasteiger charge is 2.18. The molecule has 2 aromatic heterocycles. The van der Waals surface area contributed by atoms with Gasteiger partial charge in [-0.25, -0.2) is 9.37 Å². The largest absolute Gasteiger partial charge is 0.489 e. The second kappa shape index (κ2) is 9.88. The number of aromatic amines is 1. The van der Waals surface area contributed by atoms with Gasteiger partial charge in [0.25, 0.3) is 5.91 Å². The number of aromatic nitrogens is 4. The molecule has 0 unspecified atom stereocenters. The molecule has 0 aliphatic heterocycles. The minimum absolute atomic E-state index is 0.263. The number of allylic oxidation sites excluding steroid dienone is 1. The Balaban J connectivity index is 1.47. The monoisotopic (exact) mass is 481 g/mol. The van der Waals surface area contributed by atoms with Crippen molar-refractivity contribution in [2.45, 2.75) is 20.1 Å². The van der Waals surface area contributed by atoms with E-state index in [-0.39, 0.29) is 18.3 Å². The number of ether oxygens (including phenoxy) is 1. The number of nitrogens with one attached hydrogen (secondary N) is 2. The van der Waals surface area contributed by atoms with Crippen molar-refractivity contribution in [2.75, 3.05) is 5.32 Å². The van der Waals surface area contributed by atoms with Crippen LogP contribution in [-0.2, 0) is 13.2 Å². The topological polar surface area (TPSA) is 84.8 Å². The third-order valence-corrected chi connectivity index (χ3v) is 6.09. The van der Waals surface area contributed by atoms with E-state index in [1.54, 1.807) is 42.5 Å². The van der Waals surface area contributed by atoms with E-state index in [0.717, 1.165) is 16.1 Å². The number of aryl methyl sites for hydroxylation is 1. The van der Waals surface area contributed by atoms with Gasteiger partial charge in [0, 0.05) is 12.1 Å². The number of rotatable bonds is 8. The normalized spacial score (nSPS) is 10.7. The number of nitrogens with zero attached hydrogens (tertiary/aromatic N) is 3. The van der Waals surface area contributed by atoms with E-state index in [1.807, 2.05) is 11.5 Å². The molecular formula is C23H20FN5O2S2. The molecule has 0 atom stereocenters. The lowest BCUT2D eigenvalue weighted by Gasteiger charge is -2.08. The first kappa shape index (κ1) is 22.6. The van der Waals surface area contributed by atoms with Crippen molar-refractivity contribution in [3.63, 3.8) is 0 Å². The molecule has 1 amide bonds. The van der Waals surface area contributed by atoms with Gasteiger partial charge in [-0.05, 0) is 55.0 Å². The van der Waals surface area contributed by atoms with Crippen LogP contribution in [0.15, 0.2) is 61.2 Å². The fourth-order valence-electron chi connectivity index (χ4n) is 3.09. The third-order valence-electron chi connectivity index (χ3n) is 4.71. The summed E-state index contributed by atoms with van der Waals surface area (Å²) >= 11 is 6.59. The number of benzene rings is 2. The Kier molecular flexibility index (Phi) is 6.76. The summed E-state index contributed by atoms with van der Waals surface area (Å²) in [5.41, 5.74) is 1.98. The first-order chi connectivity index (χ1) is 15.9. The van der Waals surface area contributed by atoms with Crippen LogP contribution in [0.1, 0.15) is 21.6 Å². The van der Waals surface area contributed by atoms with Crippen LogP contribution in [0.25, 0.3) is 10.7 Å². The van der Waals surface area contributed by atoms with Crippen LogP contribution in [-0.4, -0.2) is 25.7 Å². The van der Waals surface area contributed by atoms with E-state index in [4.69, 9.17) is 17.0 Å². The predicted octanol–water partition coefficient (Wildman–Crippen LogP) is 5.53. The van der Waals surface area contributed by atoms with Crippen LogP contribution >= 0.6 is 23.6 Å². The van der Waals surface area contributed by atoms with Crippen molar-refractivity contribution in [1.82, 2.24) is 19.7 Å². The quantitative estimate of drug-likeness (QED) is 0.255. The van der Waals surface area contributed by atoms with Gasteiger partial charge < -0.3 is 4.74 Å². The van der Waals surface area contributed by atoms with E-state index < -0.39 is 0 Å². The number of carbonyl (C=O) groups is 1. The Morgan fingerprint density at radius 3 is 2.88 bits per heavy atom. The summed E-state index contributed by atoms with van der Waals surface area (Å²) in [6, 6.07) is 12.9. The van der Waals surface area contributed by atoms with Gasteiger partial charge in [0.05, 0.1) is 10.6 Å². The number of thiazole rings is 1. The highest BCUT2D eigenvalue weighted by molar-refractivity contribution is 7.71. The number of anilines is 1. The first-order valence-corrected chi connectivity index (χ1v) is 11.2. The molecule has 0 radical (unpaired) electrons. The maximum atomic E-state index is 13.0. The van der Waals surface area contributed by atoms with Gasteiger partial charge >= 0.3 is 0 Å². The van der Waals surface area contributed by atoms with E-state index in [1.165, 1.54) is 23.5 Å². The number of hydrogen-bond donors (Lipinski definition) is 2. The minimum Gasteiger partial charge on any atom is -0.489 e. The van der Waals surface area contributed by atoms with Crippen LogP contribution < -0.4 is 10.1 Å². The summed E-state index contributed by atoms with van der Waals surface area (Å²) in [5, 5.41) is 10.4. The van der Waals surface area contributed by atoms with E-state index >= 15 is 0 Å². The zero-order valence-corrected chi connectivity index (χ0v) is 19.3. The number of halogens is 1. The Morgan fingerprint density at radius 2 is 2.12 bits per heavy atom. The average Bonchev–Trinajstić information content (AvgIpc) is 3.35. The molecule has 2 heterocycles. The van der Waals surface area contributed by atoms with Crippen molar-refractivity contribution < 1.29 is 13.9 Å². The van der Waals surface area contributed by atoms with Crippen molar-refractivity contribution in [3.05, 3.63) is 88.6 Å². The molecule has 10 heteroatoms. The van der Waals surface area contributed by atoms with Gasteiger partial charge in [0.1, 0.15) is 18.2 Å². The van der Waals surface area contributed by atoms with E-state index in [0.29, 0.717) is 33.6 Å². The fourth-order valence-corrected chi connectivity index (χ4v) is 4.26. The number of amides is 1. The zero-order chi connectivity index (χ0) is 23.4. The van der Waals surface area contributed by atoms with Gasteiger partial charge in [-0.3, -0.25) is 19.8 Å². The molecule has 33 heavy (non-hydrogen) atoms. The summed E-state index contributed by atoms with van der Waals surface area (Å²) in [5.74, 6) is 0.562. The lowest BCUT2D eigenvalue weighted by molar-refractivity contribution is 0.102. The second-order valence-electron chi connectivity index (χ2n) is 7.08. The fraction of sp³-hybridized carbons (Fsp3) is 0.130. The lowest BCUT2D eigenvalue weighted by Crippen LogP contribution is -2.11. The molecule has 4 rings (SSSR count). The average molecular weight is 482 g/mol. The summed E-state index contributed by atoms with van der Waals surface area (Å²) in [7, 11) is 0. The Morgan fingerprint density at radius 1 is 1.33 bits per heavy atom. The van der Waals surface area contributed by atoms with Gasteiger partial charge in [-0.1, -0.05) is 35.6 Å². The van der Waals surface area contributed by atoms with Crippen molar-refractivity contribution in [1.29, 1.82) is 0 Å². The minimum atomic E-state index is -0.313. The molecule has 0 saturated carbocycles. The Hall–Kier alpha value is -3.63. The van der Waals surface area contributed by atoms with Crippen molar-refractivity contribution in [3.8, 4) is 16.5 Å². The van der Waals surface area contributed by atoms with Crippen molar-refractivity contribution >= 4 is 34.6 Å². The maximum Gasteiger partial charge on any atom is 0.257 e. The standard InChI is InChI=1S/C23H20FN5O2S2/c1-3-11-29-20(27-28-23(29)32)19-14(2)25-22(33-19)26-21(30)16-5-4-6-18(12-16)31-13-15-7-9-17(24)10-8-15/h3-10,12H,1,11,13H2,2H3,(H,28,32)(H,25,26,30). The molecule has 0 fully saturated rings. The van der Waals surface area contributed by atoms with Gasteiger partial charge in [0.15, 0.2) is 15.7 Å². The lowest BCUT2D eigenvalue weighted by atomic mass is 10.2. The molecule has 2 aromatic carbocycles. The maximum absolute atomic E-state index is 13.0. The summed E-state index contributed by atoms with van der Waals surface area (Å²) in [6.07, 6.45) is 1.74. The molecule has 168 valence electrons. The zero-order valence-electron chi connectivity index (χ0n) is 17.7. The second-order valence-corrected chi connectivity index (χ2v) is 8.47. The summed E-state index contributed by atoms with van der Waals surface area (Å²) < 4.78 is 21.1. The van der Waals surface area contributed by atoms with Gasteiger partial charge in [-0.15, -0.1) is 6.58 Å². The van der Waals surface area contributed by atoms with Gasteiger partial charge in [-0.2, -0.15) is 5.10 Å². The SMILES string of the molecule is C=CCn1c(-c2sc(NC(=O)c3cccc(OCc4ccc(F)cc4)c3)nc2C)n[nH]c1=S. The van der Waals surface area contributed by atoms with Crippen LogP contribution in [0, 0.1) is 17.5 Å². The van der Waals surface area contributed by atoms with Crippen LogP contribution in [0.5, 0.6) is 5.75 Å². The van der Waals surface area contributed by atoms with Crippen LogP contribution in [0.4, 0.5) is 9.52 Å². The number of hydrogen-bond acceptors (Lipinski definition) is 6. The van der Waals surface area contributed by atoms with Crippen LogP contribution in [0.3, 0.4) is 0 Å². The van der Waals surface area contributed by atoms with Crippen molar-refractivity contribution in [2.24, 2.45) is 0 Å². The van der Waals surface area contributed by atoms with Gasteiger partial charge in [0.2, 0.25) is 0 Å². The Bertz CT molecular complexity index is 1360. The number of carbonyl (C=O) groups excluding carboxylic acids is 1. The molecule has 2 N–H and O–H groups in total. The molecule has 0 spiro atoms. The molecule has 0 saturated heterocycles.